The quantitative estimate of drug-likeness (QED) is 0.675. The summed E-state index contributed by atoms with van der Waals surface area (Å²) in [7, 11) is 0. The van der Waals surface area contributed by atoms with E-state index in [0.717, 1.165) is 5.56 Å². The van der Waals surface area contributed by atoms with E-state index in [4.69, 9.17) is 0 Å². The average molecular weight is 325 g/mol. The van der Waals surface area contributed by atoms with Crippen molar-refractivity contribution < 1.29 is 14.3 Å². The van der Waals surface area contributed by atoms with Gasteiger partial charge in [0.1, 0.15) is 5.82 Å². The van der Waals surface area contributed by atoms with Gasteiger partial charge in [-0.05, 0) is 17.7 Å². The predicted molar refractivity (Wildman–Crippen MR) is 87.7 cm³/mol. The molecular formula is C18H16FN3O2. The van der Waals surface area contributed by atoms with E-state index in [9.17, 15) is 14.3 Å². The van der Waals surface area contributed by atoms with E-state index in [-0.39, 0.29) is 17.7 Å². The van der Waals surface area contributed by atoms with Crippen LogP contribution in [0.25, 0.3) is 11.3 Å². The van der Waals surface area contributed by atoms with Crippen molar-refractivity contribution >= 4 is 5.91 Å². The van der Waals surface area contributed by atoms with Gasteiger partial charge >= 0.3 is 0 Å². The molecule has 0 aliphatic heterocycles. The van der Waals surface area contributed by atoms with E-state index >= 15 is 0 Å². The Bertz CT molecular complexity index is 833. The molecule has 3 rings (SSSR count). The molecule has 1 unspecified atom stereocenters. The molecule has 0 bridgehead atoms. The summed E-state index contributed by atoms with van der Waals surface area (Å²) < 4.78 is 14.0. The number of nitrogens with one attached hydrogen (secondary N) is 2. The third-order valence-electron chi connectivity index (χ3n) is 3.72. The molecule has 3 N–H and O–H groups in total. The SMILES string of the molecule is O=C(NC(CO)c1ccccc1)c1cn[nH]c1-c1ccccc1F. The van der Waals surface area contributed by atoms with Crippen molar-refractivity contribution in [3.8, 4) is 11.3 Å². The fourth-order valence-electron chi connectivity index (χ4n) is 2.48. The first-order chi connectivity index (χ1) is 11.7. The van der Waals surface area contributed by atoms with Crippen molar-refractivity contribution in [3.63, 3.8) is 0 Å². The lowest BCUT2D eigenvalue weighted by atomic mass is 10.0. The molecule has 0 radical (unpaired) electrons. The number of aliphatic hydroxyl groups is 1. The molecule has 0 saturated heterocycles. The molecule has 1 heterocycles. The monoisotopic (exact) mass is 325 g/mol. The van der Waals surface area contributed by atoms with Gasteiger partial charge in [0.15, 0.2) is 0 Å². The number of H-pyrrole nitrogens is 1. The molecule has 3 aromatic rings. The maximum atomic E-state index is 14.0. The Hall–Kier alpha value is -2.99. The van der Waals surface area contributed by atoms with Crippen molar-refractivity contribution in [1.82, 2.24) is 15.5 Å². The summed E-state index contributed by atoms with van der Waals surface area (Å²) in [6.45, 7) is -0.247. The Balaban J connectivity index is 1.87. The molecule has 0 aliphatic rings. The number of aromatic nitrogens is 2. The Morgan fingerprint density at radius 2 is 1.88 bits per heavy atom. The first kappa shape index (κ1) is 15.9. The van der Waals surface area contributed by atoms with Crippen LogP contribution in [0, 0.1) is 5.82 Å². The van der Waals surface area contributed by atoms with E-state index in [1.165, 1.54) is 12.3 Å². The number of aliphatic hydroxyl groups excluding tert-OH is 1. The number of nitrogens with zero attached hydrogens (tertiary/aromatic N) is 1. The van der Waals surface area contributed by atoms with Gasteiger partial charge in [-0.15, -0.1) is 0 Å². The second-order valence-electron chi connectivity index (χ2n) is 5.26. The van der Waals surface area contributed by atoms with Crippen LogP contribution in [-0.2, 0) is 0 Å². The summed E-state index contributed by atoms with van der Waals surface area (Å²) in [5.41, 5.74) is 1.56. The number of hydrogen-bond acceptors (Lipinski definition) is 3. The van der Waals surface area contributed by atoms with Gasteiger partial charge < -0.3 is 10.4 Å². The lowest BCUT2D eigenvalue weighted by Crippen LogP contribution is -2.30. The maximum Gasteiger partial charge on any atom is 0.255 e. The number of hydrogen-bond donors (Lipinski definition) is 3. The van der Waals surface area contributed by atoms with Crippen LogP contribution < -0.4 is 5.32 Å². The minimum Gasteiger partial charge on any atom is -0.394 e. The highest BCUT2D eigenvalue weighted by Crippen LogP contribution is 2.24. The van der Waals surface area contributed by atoms with Gasteiger partial charge in [0.05, 0.1) is 30.1 Å². The zero-order chi connectivity index (χ0) is 16.9. The Morgan fingerprint density at radius 1 is 1.17 bits per heavy atom. The van der Waals surface area contributed by atoms with Crippen molar-refractivity contribution in [2.24, 2.45) is 0 Å². The lowest BCUT2D eigenvalue weighted by Gasteiger charge is -2.16. The fraction of sp³-hybridized carbons (Fsp3) is 0.111. The van der Waals surface area contributed by atoms with Gasteiger partial charge in [-0.2, -0.15) is 5.10 Å². The normalized spacial score (nSPS) is 11.9. The second kappa shape index (κ2) is 7.06. The zero-order valence-corrected chi connectivity index (χ0v) is 12.7. The van der Waals surface area contributed by atoms with Gasteiger partial charge in [-0.25, -0.2) is 4.39 Å². The molecule has 2 aromatic carbocycles. The standard InChI is InChI=1S/C18H16FN3O2/c19-15-9-5-4-8-13(15)17-14(10-20-22-17)18(24)21-16(11-23)12-6-2-1-3-7-12/h1-10,16,23H,11H2,(H,20,22)(H,21,24). The van der Waals surface area contributed by atoms with Crippen LogP contribution in [0.2, 0.25) is 0 Å². The third-order valence-corrected chi connectivity index (χ3v) is 3.72. The van der Waals surface area contributed by atoms with Crippen molar-refractivity contribution in [2.45, 2.75) is 6.04 Å². The Kier molecular flexibility index (Phi) is 4.67. The lowest BCUT2D eigenvalue weighted by molar-refractivity contribution is 0.0917. The van der Waals surface area contributed by atoms with E-state index < -0.39 is 17.8 Å². The molecule has 1 aromatic heterocycles. The molecule has 0 aliphatic carbocycles. The van der Waals surface area contributed by atoms with E-state index in [1.807, 2.05) is 30.3 Å². The highest BCUT2D eigenvalue weighted by Gasteiger charge is 2.20. The fourth-order valence-corrected chi connectivity index (χ4v) is 2.48. The van der Waals surface area contributed by atoms with Crippen molar-refractivity contribution in [3.05, 3.63) is 77.7 Å². The van der Waals surface area contributed by atoms with Crippen LogP contribution in [0.1, 0.15) is 22.0 Å². The highest BCUT2D eigenvalue weighted by molar-refractivity contribution is 6.00. The number of benzene rings is 2. The van der Waals surface area contributed by atoms with E-state index in [0.29, 0.717) is 5.69 Å². The largest absolute Gasteiger partial charge is 0.394 e. The summed E-state index contributed by atoms with van der Waals surface area (Å²) in [4.78, 5) is 12.5. The molecule has 5 nitrogen and oxygen atoms in total. The third kappa shape index (κ3) is 3.18. The molecule has 0 fully saturated rings. The van der Waals surface area contributed by atoms with Gasteiger partial charge in [0, 0.05) is 5.56 Å². The van der Waals surface area contributed by atoms with Gasteiger partial charge in [-0.1, -0.05) is 42.5 Å². The van der Waals surface area contributed by atoms with Crippen LogP contribution in [-0.4, -0.2) is 27.8 Å². The number of carbonyl (C=O) groups is 1. The molecule has 1 atom stereocenters. The van der Waals surface area contributed by atoms with E-state index in [1.54, 1.807) is 18.2 Å². The van der Waals surface area contributed by atoms with E-state index in [2.05, 4.69) is 15.5 Å². The molecule has 122 valence electrons. The number of aromatic amines is 1. The Morgan fingerprint density at radius 3 is 2.58 bits per heavy atom. The van der Waals surface area contributed by atoms with Crippen molar-refractivity contribution in [2.75, 3.05) is 6.61 Å². The minimum atomic E-state index is -0.554. The average Bonchev–Trinajstić information content (AvgIpc) is 3.10. The molecular weight excluding hydrogens is 309 g/mol. The first-order valence-electron chi connectivity index (χ1n) is 7.45. The van der Waals surface area contributed by atoms with Gasteiger partial charge in [-0.3, -0.25) is 9.89 Å². The summed E-state index contributed by atoms with van der Waals surface area (Å²) in [6.07, 6.45) is 1.34. The van der Waals surface area contributed by atoms with Crippen LogP contribution in [0.4, 0.5) is 4.39 Å². The molecule has 6 heteroatoms. The number of amides is 1. The molecule has 0 saturated carbocycles. The topological polar surface area (TPSA) is 78.0 Å². The number of carbonyl (C=O) groups excluding carboxylic acids is 1. The summed E-state index contributed by atoms with van der Waals surface area (Å²) in [5, 5.41) is 18.8. The summed E-state index contributed by atoms with van der Waals surface area (Å²) in [5.74, 6) is -0.887. The van der Waals surface area contributed by atoms with Gasteiger partial charge in [0.25, 0.3) is 5.91 Å². The maximum absolute atomic E-state index is 14.0. The molecule has 1 amide bonds. The highest BCUT2D eigenvalue weighted by atomic mass is 19.1. The predicted octanol–water partition coefficient (Wildman–Crippen LogP) is 2.68. The van der Waals surface area contributed by atoms with Crippen molar-refractivity contribution in [1.29, 1.82) is 0 Å². The van der Waals surface area contributed by atoms with Crippen LogP contribution in [0.3, 0.4) is 0 Å². The van der Waals surface area contributed by atoms with Crippen LogP contribution >= 0.6 is 0 Å². The Labute approximate surface area is 138 Å². The number of rotatable bonds is 5. The summed E-state index contributed by atoms with van der Waals surface area (Å²) in [6, 6.07) is 14.7. The molecule has 0 spiro atoms. The zero-order valence-electron chi connectivity index (χ0n) is 12.7. The number of halogens is 1. The van der Waals surface area contributed by atoms with Gasteiger partial charge in [0.2, 0.25) is 0 Å². The van der Waals surface area contributed by atoms with Crippen LogP contribution in [0.5, 0.6) is 0 Å². The summed E-state index contributed by atoms with van der Waals surface area (Å²) >= 11 is 0. The molecule has 24 heavy (non-hydrogen) atoms. The second-order valence-corrected chi connectivity index (χ2v) is 5.26. The smallest absolute Gasteiger partial charge is 0.255 e. The first-order valence-corrected chi connectivity index (χ1v) is 7.45. The minimum absolute atomic E-state index is 0.217. The van der Waals surface area contributed by atoms with Crippen LogP contribution in [0.15, 0.2) is 60.8 Å².